The minimum Gasteiger partial charge on any atom is -0.357 e. The third-order valence-corrected chi connectivity index (χ3v) is 4.06. The quantitative estimate of drug-likeness (QED) is 0.314. The number of aromatic nitrogens is 3. The molecule has 0 bridgehead atoms. The predicted octanol–water partition coefficient (Wildman–Crippen LogP) is 2.20. The van der Waals surface area contributed by atoms with Gasteiger partial charge in [-0.05, 0) is 44.5 Å². The molecule has 2 N–H and O–H groups in total. The van der Waals surface area contributed by atoms with E-state index in [0.29, 0.717) is 25.5 Å². The number of carbonyl (C=O) groups excluding carboxylic acids is 1. The van der Waals surface area contributed by atoms with Gasteiger partial charge in [-0.1, -0.05) is 0 Å². The van der Waals surface area contributed by atoms with Crippen molar-refractivity contribution in [2.75, 3.05) is 26.2 Å². The number of nitrogens with zero attached hydrogens (tertiary/aromatic N) is 5. The van der Waals surface area contributed by atoms with Gasteiger partial charge in [-0.2, -0.15) is 5.10 Å². The average Bonchev–Trinajstić information content (AvgIpc) is 3.22. The van der Waals surface area contributed by atoms with E-state index in [1.54, 1.807) is 17.1 Å². The maximum atomic E-state index is 12.1. The minimum absolute atomic E-state index is 0. The smallest absolute Gasteiger partial charge is 0.224 e. The maximum absolute atomic E-state index is 12.1. The summed E-state index contributed by atoms with van der Waals surface area (Å²) >= 11 is 0. The number of pyridine rings is 1. The standard InChI is InChI=1S/C19H29N7O.HI/c1-4-20-19(22-12-9-18(27)25(5-2)6-3)23-15-16-8-11-21-17(14-16)26-13-7-10-24-26;/h7-8,10-11,13-14H,4-6,9,12,15H2,1-3H3,(H2,20,22,23);1H. The normalized spacial score (nSPS) is 10.9. The molecule has 0 fully saturated rings. The van der Waals surface area contributed by atoms with Crippen LogP contribution in [0.4, 0.5) is 0 Å². The molecule has 0 atom stereocenters. The van der Waals surface area contributed by atoms with Crippen LogP contribution in [0.2, 0.25) is 0 Å². The summed E-state index contributed by atoms with van der Waals surface area (Å²) in [5.74, 6) is 1.61. The van der Waals surface area contributed by atoms with E-state index in [-0.39, 0.29) is 29.9 Å². The molecule has 0 radical (unpaired) electrons. The van der Waals surface area contributed by atoms with Gasteiger partial charge >= 0.3 is 0 Å². The van der Waals surface area contributed by atoms with E-state index in [4.69, 9.17) is 0 Å². The van der Waals surface area contributed by atoms with Gasteiger partial charge < -0.3 is 15.5 Å². The van der Waals surface area contributed by atoms with Crippen molar-refractivity contribution in [3.05, 3.63) is 42.4 Å². The largest absolute Gasteiger partial charge is 0.357 e. The number of hydrogen-bond donors (Lipinski definition) is 2. The lowest BCUT2D eigenvalue weighted by Gasteiger charge is -2.19. The van der Waals surface area contributed by atoms with Crippen molar-refractivity contribution in [3.63, 3.8) is 0 Å². The van der Waals surface area contributed by atoms with E-state index in [1.165, 1.54) is 0 Å². The van der Waals surface area contributed by atoms with E-state index < -0.39 is 0 Å². The molecule has 8 nitrogen and oxygen atoms in total. The van der Waals surface area contributed by atoms with Gasteiger partial charge in [-0.15, -0.1) is 24.0 Å². The molecule has 0 aliphatic carbocycles. The van der Waals surface area contributed by atoms with Crippen molar-refractivity contribution in [1.82, 2.24) is 30.3 Å². The molecule has 0 saturated carbocycles. The summed E-state index contributed by atoms with van der Waals surface area (Å²) in [4.78, 5) is 22.8. The molecule has 0 spiro atoms. The summed E-state index contributed by atoms with van der Waals surface area (Å²) in [5.41, 5.74) is 1.03. The Balaban J connectivity index is 0.00000392. The molecule has 1 amide bonds. The van der Waals surface area contributed by atoms with Gasteiger partial charge in [0.25, 0.3) is 0 Å². The van der Waals surface area contributed by atoms with Crippen LogP contribution >= 0.6 is 24.0 Å². The lowest BCUT2D eigenvalue weighted by Crippen LogP contribution is -2.40. The second-order valence-corrected chi connectivity index (χ2v) is 5.91. The molecule has 0 unspecified atom stereocenters. The van der Waals surface area contributed by atoms with Crippen LogP contribution in [0.3, 0.4) is 0 Å². The third-order valence-electron chi connectivity index (χ3n) is 4.06. The van der Waals surface area contributed by atoms with E-state index in [0.717, 1.165) is 31.0 Å². The molecule has 0 aromatic carbocycles. The Hall–Kier alpha value is -2.17. The zero-order chi connectivity index (χ0) is 19.5. The Bertz CT molecular complexity index is 730. The highest BCUT2D eigenvalue weighted by Crippen LogP contribution is 2.07. The molecule has 0 aliphatic heterocycles. The Morgan fingerprint density at radius 2 is 2.00 bits per heavy atom. The number of nitrogens with one attached hydrogen (secondary N) is 2. The topological polar surface area (TPSA) is 87.4 Å². The molecule has 2 aromatic rings. The van der Waals surface area contributed by atoms with Crippen molar-refractivity contribution in [2.24, 2.45) is 4.99 Å². The fraction of sp³-hybridized carbons (Fsp3) is 0.474. The number of halogens is 1. The lowest BCUT2D eigenvalue weighted by atomic mass is 10.2. The van der Waals surface area contributed by atoms with Crippen LogP contribution in [0.1, 0.15) is 32.8 Å². The Morgan fingerprint density at radius 3 is 2.64 bits per heavy atom. The van der Waals surface area contributed by atoms with Gasteiger partial charge in [0.05, 0.1) is 6.54 Å². The first-order valence-electron chi connectivity index (χ1n) is 9.42. The van der Waals surface area contributed by atoms with Crippen molar-refractivity contribution in [3.8, 4) is 5.82 Å². The fourth-order valence-corrected chi connectivity index (χ4v) is 2.62. The van der Waals surface area contributed by atoms with E-state index in [2.05, 4.69) is 25.7 Å². The second-order valence-electron chi connectivity index (χ2n) is 5.91. The maximum Gasteiger partial charge on any atom is 0.224 e. The first-order valence-corrected chi connectivity index (χ1v) is 9.42. The van der Waals surface area contributed by atoms with Gasteiger partial charge in [-0.3, -0.25) is 4.79 Å². The van der Waals surface area contributed by atoms with Gasteiger partial charge in [-0.25, -0.2) is 14.7 Å². The first-order chi connectivity index (χ1) is 13.2. The summed E-state index contributed by atoms with van der Waals surface area (Å²) in [5, 5.41) is 10.6. The second kappa shape index (κ2) is 13.1. The zero-order valence-corrected chi connectivity index (χ0v) is 19.1. The van der Waals surface area contributed by atoms with E-state index >= 15 is 0 Å². The van der Waals surface area contributed by atoms with Crippen molar-refractivity contribution >= 4 is 35.8 Å². The zero-order valence-electron chi connectivity index (χ0n) is 16.8. The van der Waals surface area contributed by atoms with Gasteiger partial charge in [0, 0.05) is 51.2 Å². The third kappa shape index (κ3) is 7.45. The lowest BCUT2D eigenvalue weighted by molar-refractivity contribution is -0.130. The SMILES string of the molecule is CCNC(=NCc1ccnc(-n2cccn2)c1)NCCC(=O)N(CC)CC.I. The highest BCUT2D eigenvalue weighted by Gasteiger charge is 2.09. The number of aliphatic imine (C=N–C) groups is 1. The molecular weight excluding hydrogens is 469 g/mol. The fourth-order valence-electron chi connectivity index (χ4n) is 2.62. The molecule has 154 valence electrons. The first kappa shape index (κ1) is 23.9. The molecule has 0 saturated heterocycles. The Labute approximate surface area is 183 Å². The molecule has 0 aliphatic rings. The Morgan fingerprint density at radius 1 is 1.21 bits per heavy atom. The van der Waals surface area contributed by atoms with Crippen LogP contribution in [0.25, 0.3) is 5.82 Å². The molecule has 9 heteroatoms. The van der Waals surface area contributed by atoms with Gasteiger partial charge in [0.15, 0.2) is 11.8 Å². The average molecular weight is 499 g/mol. The van der Waals surface area contributed by atoms with Crippen LogP contribution in [0, 0.1) is 0 Å². The van der Waals surface area contributed by atoms with Gasteiger partial charge in [0.1, 0.15) is 0 Å². The van der Waals surface area contributed by atoms with Crippen molar-refractivity contribution in [1.29, 1.82) is 0 Å². The van der Waals surface area contributed by atoms with Crippen LogP contribution in [-0.4, -0.2) is 57.7 Å². The summed E-state index contributed by atoms with van der Waals surface area (Å²) in [7, 11) is 0. The summed E-state index contributed by atoms with van der Waals surface area (Å²) in [6.07, 6.45) is 5.78. The molecular formula is C19H30IN7O. The summed E-state index contributed by atoms with van der Waals surface area (Å²) in [6.45, 7) is 9.30. The van der Waals surface area contributed by atoms with Crippen LogP contribution in [-0.2, 0) is 11.3 Å². The highest BCUT2D eigenvalue weighted by atomic mass is 127. The minimum atomic E-state index is 0. The molecule has 28 heavy (non-hydrogen) atoms. The molecule has 2 heterocycles. The molecule has 2 aromatic heterocycles. The monoisotopic (exact) mass is 499 g/mol. The van der Waals surface area contributed by atoms with E-state index in [9.17, 15) is 4.79 Å². The van der Waals surface area contributed by atoms with Gasteiger partial charge in [0.2, 0.25) is 5.91 Å². The number of amides is 1. The molecule has 2 rings (SSSR count). The van der Waals surface area contributed by atoms with Crippen molar-refractivity contribution in [2.45, 2.75) is 33.7 Å². The van der Waals surface area contributed by atoms with Crippen molar-refractivity contribution < 1.29 is 4.79 Å². The number of carbonyl (C=O) groups is 1. The van der Waals surface area contributed by atoms with E-state index in [1.807, 2.05) is 50.1 Å². The Kier molecular flexibility index (Phi) is 11.2. The number of rotatable bonds is 9. The number of hydrogen-bond acceptors (Lipinski definition) is 4. The number of guanidine groups is 1. The highest BCUT2D eigenvalue weighted by molar-refractivity contribution is 14.0. The predicted molar refractivity (Wildman–Crippen MR) is 122 cm³/mol. The van der Waals surface area contributed by atoms with Crippen LogP contribution in [0.5, 0.6) is 0 Å². The summed E-state index contributed by atoms with van der Waals surface area (Å²) in [6, 6.07) is 5.76. The summed E-state index contributed by atoms with van der Waals surface area (Å²) < 4.78 is 1.72. The van der Waals surface area contributed by atoms with Crippen LogP contribution < -0.4 is 10.6 Å². The van der Waals surface area contributed by atoms with Crippen LogP contribution in [0.15, 0.2) is 41.8 Å².